The highest BCUT2D eigenvalue weighted by Gasteiger charge is 2.30. The predicted octanol–water partition coefficient (Wildman–Crippen LogP) is 1.34. The summed E-state index contributed by atoms with van der Waals surface area (Å²) in [6.45, 7) is 6.11. The van der Waals surface area contributed by atoms with E-state index in [9.17, 15) is 13.2 Å². The molecule has 1 aliphatic rings. The molecule has 1 aromatic rings. The molecule has 0 bridgehead atoms. The van der Waals surface area contributed by atoms with Crippen molar-refractivity contribution in [2.75, 3.05) is 32.7 Å². The highest BCUT2D eigenvalue weighted by atomic mass is 79.9. The fourth-order valence-electron chi connectivity index (χ4n) is 2.26. The molecular formula is C13H20BrN3O3S2. The van der Waals surface area contributed by atoms with Crippen LogP contribution in [0.5, 0.6) is 0 Å². The van der Waals surface area contributed by atoms with Crippen molar-refractivity contribution in [1.29, 1.82) is 0 Å². The number of amides is 1. The van der Waals surface area contributed by atoms with Gasteiger partial charge in [0, 0.05) is 32.2 Å². The molecule has 0 atom stereocenters. The van der Waals surface area contributed by atoms with Crippen molar-refractivity contribution >= 4 is 43.2 Å². The third-order valence-electron chi connectivity index (χ3n) is 3.29. The number of hydrogen-bond acceptors (Lipinski definition) is 5. The van der Waals surface area contributed by atoms with Gasteiger partial charge in [-0.2, -0.15) is 4.31 Å². The first-order chi connectivity index (χ1) is 10.3. The van der Waals surface area contributed by atoms with Crippen LogP contribution in [0.15, 0.2) is 20.1 Å². The number of nitrogens with zero attached hydrogens (tertiary/aromatic N) is 2. The molecule has 0 radical (unpaired) electrons. The molecule has 6 nitrogen and oxygen atoms in total. The van der Waals surface area contributed by atoms with Gasteiger partial charge < -0.3 is 5.32 Å². The lowest BCUT2D eigenvalue weighted by Gasteiger charge is -2.33. The van der Waals surface area contributed by atoms with Crippen LogP contribution in [0.1, 0.15) is 13.8 Å². The normalized spacial score (nSPS) is 17.8. The Bertz CT molecular complexity index is 622. The van der Waals surface area contributed by atoms with E-state index in [1.807, 2.05) is 18.7 Å². The molecule has 2 heterocycles. The van der Waals surface area contributed by atoms with Crippen LogP contribution in [0.25, 0.3) is 0 Å². The van der Waals surface area contributed by atoms with Gasteiger partial charge in [0.1, 0.15) is 4.21 Å². The number of piperazine rings is 1. The lowest BCUT2D eigenvalue weighted by atomic mass is 10.3. The van der Waals surface area contributed by atoms with Gasteiger partial charge in [-0.3, -0.25) is 9.69 Å². The standard InChI is InChI=1S/C13H20BrN3O3S2/c1-10(2)15-12(18)9-16-5-7-17(8-6-16)22(19,20)13-4-3-11(14)21-13/h3-4,10H,5-9H2,1-2H3,(H,15,18). The van der Waals surface area contributed by atoms with E-state index >= 15 is 0 Å². The molecule has 0 saturated carbocycles. The van der Waals surface area contributed by atoms with E-state index in [0.717, 1.165) is 3.79 Å². The molecular weight excluding hydrogens is 390 g/mol. The van der Waals surface area contributed by atoms with Crippen LogP contribution in [0.3, 0.4) is 0 Å². The molecule has 0 aromatic carbocycles. The van der Waals surface area contributed by atoms with Crippen molar-refractivity contribution < 1.29 is 13.2 Å². The highest BCUT2D eigenvalue weighted by Crippen LogP contribution is 2.28. The summed E-state index contributed by atoms with van der Waals surface area (Å²) < 4.78 is 27.6. The summed E-state index contributed by atoms with van der Waals surface area (Å²) in [4.78, 5) is 13.7. The predicted molar refractivity (Wildman–Crippen MR) is 90.5 cm³/mol. The number of thiophene rings is 1. The molecule has 1 aliphatic heterocycles. The molecule has 0 aliphatic carbocycles. The summed E-state index contributed by atoms with van der Waals surface area (Å²) in [5.41, 5.74) is 0. The molecule has 124 valence electrons. The minimum Gasteiger partial charge on any atom is -0.353 e. The van der Waals surface area contributed by atoms with Gasteiger partial charge in [0.05, 0.1) is 10.3 Å². The minimum absolute atomic E-state index is 0.0199. The number of nitrogens with one attached hydrogen (secondary N) is 1. The monoisotopic (exact) mass is 409 g/mol. The zero-order chi connectivity index (χ0) is 16.3. The van der Waals surface area contributed by atoms with E-state index in [2.05, 4.69) is 21.2 Å². The average molecular weight is 410 g/mol. The number of carbonyl (C=O) groups excluding carboxylic acids is 1. The van der Waals surface area contributed by atoms with Gasteiger partial charge in [-0.25, -0.2) is 8.42 Å². The quantitative estimate of drug-likeness (QED) is 0.796. The third kappa shape index (κ3) is 4.51. The molecule has 22 heavy (non-hydrogen) atoms. The molecule has 9 heteroatoms. The lowest BCUT2D eigenvalue weighted by Crippen LogP contribution is -2.51. The first kappa shape index (κ1) is 17.9. The Morgan fingerprint density at radius 1 is 1.32 bits per heavy atom. The fourth-order valence-corrected chi connectivity index (χ4v) is 5.85. The van der Waals surface area contributed by atoms with E-state index in [1.165, 1.54) is 15.6 Å². The van der Waals surface area contributed by atoms with Crippen molar-refractivity contribution in [3.8, 4) is 0 Å². The maximum absolute atomic E-state index is 12.5. The van der Waals surface area contributed by atoms with Crippen LogP contribution in [-0.4, -0.2) is 62.3 Å². The van der Waals surface area contributed by atoms with E-state index in [0.29, 0.717) is 36.9 Å². The molecule has 0 unspecified atom stereocenters. The Morgan fingerprint density at radius 2 is 1.95 bits per heavy atom. The molecule has 1 aromatic heterocycles. The molecule has 1 saturated heterocycles. The van der Waals surface area contributed by atoms with Crippen LogP contribution in [0.2, 0.25) is 0 Å². The van der Waals surface area contributed by atoms with Crippen LogP contribution < -0.4 is 5.32 Å². The second kappa shape index (κ2) is 7.39. The average Bonchev–Trinajstić information content (AvgIpc) is 2.86. The maximum atomic E-state index is 12.5. The molecule has 1 fully saturated rings. The Morgan fingerprint density at radius 3 is 2.45 bits per heavy atom. The maximum Gasteiger partial charge on any atom is 0.252 e. The van der Waals surface area contributed by atoms with Crippen LogP contribution in [0.4, 0.5) is 0 Å². The summed E-state index contributed by atoms with van der Waals surface area (Å²) in [5, 5.41) is 2.84. The first-order valence-electron chi connectivity index (χ1n) is 7.06. The third-order valence-corrected chi connectivity index (χ3v) is 7.28. The summed E-state index contributed by atoms with van der Waals surface area (Å²) >= 11 is 4.50. The van der Waals surface area contributed by atoms with E-state index in [4.69, 9.17) is 0 Å². The van der Waals surface area contributed by atoms with Gasteiger partial charge in [-0.05, 0) is 41.9 Å². The van der Waals surface area contributed by atoms with Crippen molar-refractivity contribution in [3.63, 3.8) is 0 Å². The van der Waals surface area contributed by atoms with Crippen LogP contribution in [-0.2, 0) is 14.8 Å². The number of hydrogen-bond donors (Lipinski definition) is 1. The van der Waals surface area contributed by atoms with Gasteiger partial charge in [0.2, 0.25) is 5.91 Å². The molecule has 2 rings (SSSR count). The molecule has 0 spiro atoms. The minimum atomic E-state index is -3.42. The first-order valence-corrected chi connectivity index (χ1v) is 10.1. The number of sulfonamides is 1. The summed E-state index contributed by atoms with van der Waals surface area (Å²) in [7, 11) is -3.42. The Hall–Kier alpha value is -0.480. The van der Waals surface area contributed by atoms with Crippen LogP contribution in [0, 0.1) is 0 Å². The Balaban J connectivity index is 1.90. The summed E-state index contributed by atoms with van der Waals surface area (Å²) in [6, 6.07) is 3.47. The van der Waals surface area contributed by atoms with Crippen molar-refractivity contribution in [3.05, 3.63) is 15.9 Å². The molecule has 1 amide bonds. The van der Waals surface area contributed by atoms with Crippen molar-refractivity contribution in [2.24, 2.45) is 0 Å². The second-order valence-corrected chi connectivity index (χ2v) is 10.1. The topological polar surface area (TPSA) is 69.7 Å². The SMILES string of the molecule is CC(C)NC(=O)CN1CCN(S(=O)(=O)c2ccc(Br)s2)CC1. The second-order valence-electron chi connectivity index (χ2n) is 5.46. The number of carbonyl (C=O) groups is 1. The number of rotatable bonds is 5. The van der Waals surface area contributed by atoms with E-state index in [1.54, 1.807) is 12.1 Å². The van der Waals surface area contributed by atoms with Gasteiger partial charge >= 0.3 is 0 Å². The largest absolute Gasteiger partial charge is 0.353 e. The Kier molecular flexibility index (Phi) is 6.00. The van der Waals surface area contributed by atoms with Gasteiger partial charge in [-0.15, -0.1) is 11.3 Å². The Labute approximate surface area is 143 Å². The fraction of sp³-hybridized carbons (Fsp3) is 0.615. The lowest BCUT2D eigenvalue weighted by molar-refractivity contribution is -0.123. The van der Waals surface area contributed by atoms with E-state index in [-0.39, 0.29) is 11.9 Å². The zero-order valence-corrected chi connectivity index (χ0v) is 15.8. The number of halogens is 1. The highest BCUT2D eigenvalue weighted by molar-refractivity contribution is 9.11. The van der Waals surface area contributed by atoms with E-state index < -0.39 is 10.0 Å². The smallest absolute Gasteiger partial charge is 0.252 e. The van der Waals surface area contributed by atoms with Crippen molar-refractivity contribution in [2.45, 2.75) is 24.1 Å². The van der Waals surface area contributed by atoms with Gasteiger partial charge in [0.25, 0.3) is 10.0 Å². The summed E-state index contributed by atoms with van der Waals surface area (Å²) in [5.74, 6) is -0.0199. The summed E-state index contributed by atoms with van der Waals surface area (Å²) in [6.07, 6.45) is 0. The van der Waals surface area contributed by atoms with Crippen molar-refractivity contribution in [1.82, 2.24) is 14.5 Å². The molecule has 1 N–H and O–H groups in total. The van der Waals surface area contributed by atoms with Crippen LogP contribution >= 0.6 is 27.3 Å². The van der Waals surface area contributed by atoms with Gasteiger partial charge in [0.15, 0.2) is 0 Å². The van der Waals surface area contributed by atoms with Gasteiger partial charge in [-0.1, -0.05) is 0 Å². The zero-order valence-electron chi connectivity index (χ0n) is 12.6.